The van der Waals surface area contributed by atoms with Crippen LogP contribution in [0.15, 0.2) is 18.6 Å². The number of amides is 3. The Labute approximate surface area is 241 Å². The second-order valence-electron chi connectivity index (χ2n) is 9.90. The smallest absolute Gasteiger partial charge is 0.408 e. The minimum absolute atomic E-state index is 0.0140. The van der Waals surface area contributed by atoms with Crippen LogP contribution < -0.4 is 16.0 Å². The summed E-state index contributed by atoms with van der Waals surface area (Å²) in [7, 11) is -7.69. The van der Waals surface area contributed by atoms with Gasteiger partial charge in [-0.25, -0.2) is 4.98 Å². The van der Waals surface area contributed by atoms with Crippen LogP contribution >= 0.6 is 15.4 Å². The summed E-state index contributed by atoms with van der Waals surface area (Å²) in [5.41, 5.74) is -1.57. The number of hydrogen-bond donors (Lipinski definition) is 5. The molecule has 1 aromatic heterocycles. The molecule has 18 heteroatoms. The topological polar surface area (TPSA) is 209 Å². The van der Waals surface area contributed by atoms with Gasteiger partial charge in [0.05, 0.1) is 18.7 Å². The Morgan fingerprint density at radius 3 is 2.39 bits per heavy atom. The Kier molecular flexibility index (Phi) is 15.0. The van der Waals surface area contributed by atoms with E-state index in [0.717, 1.165) is 0 Å². The summed E-state index contributed by atoms with van der Waals surface area (Å²) < 4.78 is 35.4. The molecule has 0 aliphatic carbocycles. The Balaban J connectivity index is 1.80. The predicted octanol–water partition coefficient (Wildman–Crippen LogP) is 0.319. The number of carbonyl (C=O) groups is 3. The number of aromatic nitrogens is 2. The molecule has 2 rings (SSSR count). The summed E-state index contributed by atoms with van der Waals surface area (Å²) in [4.78, 5) is 65.5. The predicted molar refractivity (Wildman–Crippen MR) is 151 cm³/mol. The molecule has 0 aromatic carbocycles. The SMILES string of the molecule is CC[P+](=O)C(NC(=O)CCCN1CCOB([C@@H](CC(C)C)NC(=O)CNC(=O)c2cnccn2)OCC1)P(=O)(O)O. The average Bonchev–Trinajstić information content (AvgIpc) is 2.90. The zero-order valence-electron chi connectivity index (χ0n) is 23.6. The Morgan fingerprint density at radius 2 is 1.83 bits per heavy atom. The summed E-state index contributed by atoms with van der Waals surface area (Å²) in [5.74, 6) is -1.69. The Hall–Kier alpha value is -2.32. The molecule has 1 aliphatic rings. The van der Waals surface area contributed by atoms with Crippen molar-refractivity contribution in [1.82, 2.24) is 30.8 Å². The molecule has 2 heterocycles. The highest BCUT2D eigenvalue weighted by molar-refractivity contribution is 7.67. The second kappa shape index (κ2) is 17.6. The molecule has 5 N–H and O–H groups in total. The molecule has 41 heavy (non-hydrogen) atoms. The summed E-state index contributed by atoms with van der Waals surface area (Å²) in [6.07, 6.45) is 5.20. The third kappa shape index (κ3) is 13.0. The van der Waals surface area contributed by atoms with Gasteiger partial charge in [0.1, 0.15) is 11.9 Å². The molecule has 1 fully saturated rings. The van der Waals surface area contributed by atoms with Crippen molar-refractivity contribution in [3.63, 3.8) is 0 Å². The van der Waals surface area contributed by atoms with Gasteiger partial charge in [0.2, 0.25) is 11.8 Å². The first kappa shape index (κ1) is 34.9. The van der Waals surface area contributed by atoms with E-state index in [1.54, 1.807) is 0 Å². The van der Waals surface area contributed by atoms with Crippen molar-refractivity contribution in [3.8, 4) is 0 Å². The quantitative estimate of drug-likeness (QED) is 0.133. The van der Waals surface area contributed by atoms with E-state index in [1.807, 2.05) is 18.7 Å². The van der Waals surface area contributed by atoms with E-state index in [1.165, 1.54) is 25.5 Å². The summed E-state index contributed by atoms with van der Waals surface area (Å²) in [6.45, 7) is 7.53. The lowest BCUT2D eigenvalue weighted by Gasteiger charge is -2.31. The van der Waals surface area contributed by atoms with Crippen molar-refractivity contribution < 1.29 is 42.6 Å². The molecule has 0 bridgehead atoms. The van der Waals surface area contributed by atoms with Crippen LogP contribution in [0.25, 0.3) is 0 Å². The van der Waals surface area contributed by atoms with Crippen molar-refractivity contribution in [2.45, 2.75) is 51.5 Å². The number of rotatable bonds is 15. The maximum atomic E-state index is 12.6. The van der Waals surface area contributed by atoms with Gasteiger partial charge in [-0.15, -0.1) is 0 Å². The van der Waals surface area contributed by atoms with Crippen molar-refractivity contribution in [2.75, 3.05) is 45.6 Å². The van der Waals surface area contributed by atoms with Gasteiger partial charge < -0.3 is 35.0 Å². The Bertz CT molecular complexity index is 1060. The fourth-order valence-corrected chi connectivity index (χ4v) is 6.84. The van der Waals surface area contributed by atoms with Crippen molar-refractivity contribution >= 4 is 40.2 Å². The largest absolute Gasteiger partial charge is 0.480 e. The fourth-order valence-electron chi connectivity index (χ4n) is 4.06. The molecule has 0 spiro atoms. The van der Waals surface area contributed by atoms with Crippen LogP contribution in [0.3, 0.4) is 0 Å². The van der Waals surface area contributed by atoms with Crippen LogP contribution in [0.2, 0.25) is 0 Å². The highest BCUT2D eigenvalue weighted by atomic mass is 31.2. The Morgan fingerprint density at radius 1 is 1.15 bits per heavy atom. The van der Waals surface area contributed by atoms with E-state index in [4.69, 9.17) is 9.31 Å². The van der Waals surface area contributed by atoms with Gasteiger partial charge in [0.15, 0.2) is 0 Å². The van der Waals surface area contributed by atoms with Crippen molar-refractivity contribution in [2.24, 2.45) is 5.92 Å². The molecule has 1 saturated heterocycles. The zero-order chi connectivity index (χ0) is 30.4. The lowest BCUT2D eigenvalue weighted by molar-refractivity contribution is -0.121. The van der Waals surface area contributed by atoms with Crippen LogP contribution in [0.4, 0.5) is 0 Å². The van der Waals surface area contributed by atoms with Gasteiger partial charge in [0, 0.05) is 45.1 Å². The number of carbonyl (C=O) groups excluding carboxylic acids is 3. The first-order valence-corrected chi connectivity index (χ1v) is 16.7. The standard InChI is InChI=1S/C23H39BN6O9P2/c1-4-40(34)23(41(35,36)37)29-20(31)6-5-9-30-10-12-38-24(39-13-11-30)19(14-17(2)3)28-21(32)16-27-22(33)18-15-25-7-8-26-18/h7-8,15,17,19,23H,4-6,9-14,16H2,1-3H3,(H4-,27,28,29,31,32,33,35,36,37)/p+1/t19-,23?/m1/s1. The molecule has 228 valence electrons. The van der Waals surface area contributed by atoms with Crippen LogP contribution in [0.1, 0.15) is 50.5 Å². The van der Waals surface area contributed by atoms with Crippen molar-refractivity contribution in [1.29, 1.82) is 0 Å². The first-order chi connectivity index (χ1) is 19.4. The van der Waals surface area contributed by atoms with Gasteiger partial charge >= 0.3 is 28.0 Å². The summed E-state index contributed by atoms with van der Waals surface area (Å²) in [5, 5.41) is 7.64. The van der Waals surface area contributed by atoms with Crippen LogP contribution in [0.5, 0.6) is 0 Å². The van der Waals surface area contributed by atoms with Gasteiger partial charge in [-0.1, -0.05) is 18.4 Å². The first-order valence-electron chi connectivity index (χ1n) is 13.5. The molecule has 1 aromatic rings. The van der Waals surface area contributed by atoms with Gasteiger partial charge in [0.25, 0.3) is 5.91 Å². The van der Waals surface area contributed by atoms with E-state index in [9.17, 15) is 33.3 Å². The van der Waals surface area contributed by atoms with Gasteiger partial charge in [-0.2, -0.15) is 0 Å². The monoisotopic (exact) mass is 617 g/mol. The van der Waals surface area contributed by atoms with E-state index < -0.39 is 51.7 Å². The van der Waals surface area contributed by atoms with E-state index in [0.29, 0.717) is 45.7 Å². The van der Waals surface area contributed by atoms with Gasteiger partial charge in [-0.3, -0.25) is 28.8 Å². The lowest BCUT2D eigenvalue weighted by atomic mass is 9.73. The third-order valence-corrected chi connectivity index (χ3v) is 9.80. The minimum Gasteiger partial charge on any atom is -0.408 e. The average molecular weight is 617 g/mol. The number of hydrogen-bond acceptors (Lipinski definition) is 10. The van der Waals surface area contributed by atoms with Crippen LogP contribution in [0, 0.1) is 5.92 Å². The summed E-state index contributed by atoms with van der Waals surface area (Å²) >= 11 is 0. The molecule has 1 aliphatic heterocycles. The lowest BCUT2D eigenvalue weighted by Crippen LogP contribution is -2.54. The molecular formula is C23H40BN6O9P2+. The highest BCUT2D eigenvalue weighted by Crippen LogP contribution is 2.51. The fraction of sp³-hybridized carbons (Fsp3) is 0.696. The molecule has 3 amide bonds. The molecule has 0 saturated carbocycles. The highest BCUT2D eigenvalue weighted by Gasteiger charge is 2.45. The molecule has 15 nitrogen and oxygen atoms in total. The molecule has 0 radical (unpaired) electrons. The van der Waals surface area contributed by atoms with Crippen molar-refractivity contribution in [3.05, 3.63) is 24.3 Å². The van der Waals surface area contributed by atoms with E-state index in [2.05, 4.69) is 25.9 Å². The molecule has 3 atom stereocenters. The number of nitrogens with one attached hydrogen (secondary N) is 3. The summed E-state index contributed by atoms with van der Waals surface area (Å²) in [6, 6.07) is 0. The van der Waals surface area contributed by atoms with E-state index in [-0.39, 0.29) is 30.7 Å². The third-order valence-electron chi connectivity index (χ3n) is 6.06. The minimum atomic E-state index is -4.73. The van der Waals surface area contributed by atoms with Crippen LogP contribution in [-0.2, 0) is 28.0 Å². The zero-order valence-corrected chi connectivity index (χ0v) is 25.4. The van der Waals surface area contributed by atoms with Crippen LogP contribution in [-0.4, -0.2) is 107 Å². The number of nitrogens with zero attached hydrogens (tertiary/aromatic N) is 3. The maximum Gasteiger partial charge on any atom is 0.480 e. The second-order valence-corrected chi connectivity index (χ2v) is 14.0. The molecular weight excluding hydrogens is 577 g/mol. The maximum absolute atomic E-state index is 12.6. The normalized spacial score (nSPS) is 16.7. The van der Waals surface area contributed by atoms with Gasteiger partial charge in [-0.05, 0) is 32.2 Å². The molecule has 2 unspecified atom stereocenters. The van der Waals surface area contributed by atoms with E-state index >= 15 is 0 Å².